The second-order valence-corrected chi connectivity index (χ2v) is 5.95. The molecule has 2 heteroatoms. The zero-order valence-corrected chi connectivity index (χ0v) is 8.87. The number of halogens is 1. The van der Waals surface area contributed by atoms with Crippen molar-refractivity contribution in [2.45, 2.75) is 20.0 Å². The van der Waals surface area contributed by atoms with Gasteiger partial charge in [-0.25, -0.2) is 0 Å². The lowest BCUT2D eigenvalue weighted by Crippen LogP contribution is -2.22. The molecule has 0 bridgehead atoms. The molecule has 0 N–H and O–H groups in total. The summed E-state index contributed by atoms with van der Waals surface area (Å²) in [4.78, 5) is 0. The van der Waals surface area contributed by atoms with Crippen LogP contribution in [0.5, 0.6) is 0 Å². The highest BCUT2D eigenvalue weighted by atomic mass is 35.5. The van der Waals surface area contributed by atoms with Crippen molar-refractivity contribution < 1.29 is 0 Å². The van der Waals surface area contributed by atoms with Gasteiger partial charge < -0.3 is 0 Å². The normalized spacial score (nSPS) is 10.6. The summed E-state index contributed by atoms with van der Waals surface area (Å²) in [6.07, 6.45) is 0. The van der Waals surface area contributed by atoms with Crippen molar-refractivity contribution in [1.82, 2.24) is 0 Å². The van der Waals surface area contributed by atoms with E-state index in [4.69, 9.17) is 11.6 Å². The molecule has 0 saturated carbocycles. The van der Waals surface area contributed by atoms with E-state index in [0.29, 0.717) is 0 Å². The first-order valence-corrected chi connectivity index (χ1v) is 6.55. The third-order valence-electron chi connectivity index (χ3n) is 1.75. The second-order valence-electron chi connectivity index (χ2n) is 2.96. The summed E-state index contributed by atoms with van der Waals surface area (Å²) in [6.45, 7) is 6.57. The van der Waals surface area contributed by atoms with Crippen LogP contribution >= 0.6 is 11.6 Å². The van der Waals surface area contributed by atoms with E-state index in [2.05, 4.69) is 31.3 Å². The smallest absolute Gasteiger partial charge is 0.0792 e. The van der Waals surface area contributed by atoms with E-state index >= 15 is 0 Å². The maximum atomic E-state index is 5.97. The highest BCUT2D eigenvalue weighted by Gasteiger charge is 2.02. The molecule has 0 aromatic heterocycles. The highest BCUT2D eigenvalue weighted by molar-refractivity contribution is 6.70. The van der Waals surface area contributed by atoms with Crippen molar-refractivity contribution in [3.05, 3.63) is 28.8 Å². The van der Waals surface area contributed by atoms with Gasteiger partial charge in [-0.2, -0.15) is 0 Å². The second kappa shape index (κ2) is 3.42. The lowest BCUT2D eigenvalue weighted by molar-refractivity contribution is 1.48. The highest BCUT2D eigenvalue weighted by Crippen LogP contribution is 2.11. The largest absolute Gasteiger partial charge is 0.0841 e. The SMILES string of the molecule is Cc1ccc([Si](C)C)cc1Cl. The molecule has 1 radical (unpaired) electrons. The van der Waals surface area contributed by atoms with E-state index in [0.717, 1.165) is 5.02 Å². The van der Waals surface area contributed by atoms with Gasteiger partial charge in [0, 0.05) is 5.02 Å². The van der Waals surface area contributed by atoms with Gasteiger partial charge in [-0.15, -0.1) is 0 Å². The molecule has 0 aliphatic rings. The molecule has 0 saturated heterocycles. The molecule has 1 rings (SSSR count). The summed E-state index contributed by atoms with van der Waals surface area (Å²) in [5.74, 6) is 0. The van der Waals surface area contributed by atoms with Gasteiger partial charge in [-0.05, 0) is 18.6 Å². The summed E-state index contributed by atoms with van der Waals surface area (Å²) >= 11 is 5.97. The monoisotopic (exact) mass is 183 g/mol. The Balaban J connectivity index is 3.05. The maximum absolute atomic E-state index is 5.97. The molecule has 0 spiro atoms. The Kier molecular flexibility index (Phi) is 2.74. The van der Waals surface area contributed by atoms with Crippen LogP contribution in [0.15, 0.2) is 18.2 Å². The summed E-state index contributed by atoms with van der Waals surface area (Å²) in [5, 5.41) is 2.30. The molecular formula is C9H12ClSi. The van der Waals surface area contributed by atoms with Gasteiger partial charge in [0.1, 0.15) is 0 Å². The van der Waals surface area contributed by atoms with E-state index < -0.39 is 0 Å². The van der Waals surface area contributed by atoms with Gasteiger partial charge >= 0.3 is 0 Å². The Morgan fingerprint density at radius 2 is 1.91 bits per heavy atom. The van der Waals surface area contributed by atoms with Crippen LogP contribution in [0, 0.1) is 6.92 Å². The third-order valence-corrected chi connectivity index (χ3v) is 3.62. The topological polar surface area (TPSA) is 0 Å². The van der Waals surface area contributed by atoms with Crippen molar-refractivity contribution in [1.29, 1.82) is 0 Å². The molecule has 0 aliphatic carbocycles. The minimum absolute atomic E-state index is 0.335. The van der Waals surface area contributed by atoms with Crippen molar-refractivity contribution in [2.24, 2.45) is 0 Å². The average Bonchev–Trinajstić information content (AvgIpc) is 1.94. The van der Waals surface area contributed by atoms with Gasteiger partial charge in [-0.3, -0.25) is 0 Å². The lowest BCUT2D eigenvalue weighted by Gasteiger charge is -2.04. The fraction of sp³-hybridized carbons (Fsp3) is 0.333. The quantitative estimate of drug-likeness (QED) is 0.588. The van der Waals surface area contributed by atoms with E-state index in [-0.39, 0.29) is 8.80 Å². The molecule has 59 valence electrons. The predicted octanol–water partition coefficient (Wildman–Crippen LogP) is 2.61. The summed E-state index contributed by atoms with van der Waals surface area (Å²) in [7, 11) is -0.335. The molecule has 0 aliphatic heterocycles. The zero-order valence-electron chi connectivity index (χ0n) is 7.11. The third kappa shape index (κ3) is 2.08. The van der Waals surface area contributed by atoms with Crippen LogP contribution in [-0.4, -0.2) is 8.80 Å². The van der Waals surface area contributed by atoms with Crippen LogP contribution in [0.4, 0.5) is 0 Å². The van der Waals surface area contributed by atoms with Crippen LogP contribution in [0.2, 0.25) is 18.1 Å². The fourth-order valence-electron chi connectivity index (χ4n) is 0.904. The van der Waals surface area contributed by atoms with Crippen LogP contribution in [-0.2, 0) is 0 Å². The number of hydrogen-bond acceptors (Lipinski definition) is 0. The number of rotatable bonds is 1. The first-order chi connectivity index (χ1) is 5.11. The molecule has 1 aromatic carbocycles. The predicted molar refractivity (Wildman–Crippen MR) is 53.3 cm³/mol. The molecule has 0 fully saturated rings. The van der Waals surface area contributed by atoms with Crippen LogP contribution < -0.4 is 5.19 Å². The Bertz CT molecular complexity index is 256. The Labute approximate surface area is 74.8 Å². The Morgan fingerprint density at radius 1 is 1.27 bits per heavy atom. The van der Waals surface area contributed by atoms with Crippen molar-refractivity contribution in [3.8, 4) is 0 Å². The molecule has 1 aromatic rings. The van der Waals surface area contributed by atoms with Gasteiger partial charge in [-0.1, -0.05) is 42.0 Å². The molecule has 0 nitrogen and oxygen atoms in total. The zero-order chi connectivity index (χ0) is 8.43. The van der Waals surface area contributed by atoms with Gasteiger partial charge in [0.05, 0.1) is 8.80 Å². The number of aryl methyl sites for hydroxylation is 1. The molecular weight excluding hydrogens is 172 g/mol. The van der Waals surface area contributed by atoms with Crippen LogP contribution in [0.1, 0.15) is 5.56 Å². The van der Waals surface area contributed by atoms with Gasteiger partial charge in [0.25, 0.3) is 0 Å². The average molecular weight is 184 g/mol. The number of benzene rings is 1. The molecule has 11 heavy (non-hydrogen) atoms. The first kappa shape index (κ1) is 8.82. The van der Waals surface area contributed by atoms with Crippen molar-refractivity contribution in [3.63, 3.8) is 0 Å². The summed E-state index contributed by atoms with van der Waals surface area (Å²) < 4.78 is 0. The van der Waals surface area contributed by atoms with Crippen LogP contribution in [0.3, 0.4) is 0 Å². The van der Waals surface area contributed by atoms with Gasteiger partial charge in [0.2, 0.25) is 0 Å². The van der Waals surface area contributed by atoms with Crippen molar-refractivity contribution in [2.75, 3.05) is 0 Å². The van der Waals surface area contributed by atoms with E-state index in [1.165, 1.54) is 10.8 Å². The number of hydrogen-bond donors (Lipinski definition) is 0. The van der Waals surface area contributed by atoms with E-state index in [1.54, 1.807) is 0 Å². The minimum Gasteiger partial charge on any atom is -0.0841 e. The summed E-state index contributed by atoms with van der Waals surface area (Å²) in [6, 6.07) is 6.36. The lowest BCUT2D eigenvalue weighted by atomic mass is 10.2. The van der Waals surface area contributed by atoms with Gasteiger partial charge in [0.15, 0.2) is 0 Å². The molecule has 0 unspecified atom stereocenters. The molecule has 0 amide bonds. The van der Waals surface area contributed by atoms with Crippen molar-refractivity contribution >= 4 is 25.6 Å². The Morgan fingerprint density at radius 3 is 2.36 bits per heavy atom. The first-order valence-electron chi connectivity index (χ1n) is 3.68. The molecule has 0 heterocycles. The van der Waals surface area contributed by atoms with E-state index in [9.17, 15) is 0 Å². The molecule has 0 atom stereocenters. The van der Waals surface area contributed by atoms with Crippen LogP contribution in [0.25, 0.3) is 0 Å². The standard InChI is InChI=1S/C9H12ClSi/c1-7-4-5-8(11(2)3)6-9(7)10/h4-6H,1-3H3. The Hall–Kier alpha value is -0.273. The summed E-state index contributed by atoms with van der Waals surface area (Å²) in [5.41, 5.74) is 1.17. The fourth-order valence-corrected chi connectivity index (χ4v) is 2.03. The minimum atomic E-state index is -0.335. The van der Waals surface area contributed by atoms with E-state index in [1.807, 2.05) is 6.92 Å². The maximum Gasteiger partial charge on any atom is 0.0792 e.